The summed E-state index contributed by atoms with van der Waals surface area (Å²) in [7, 11) is 0. The van der Waals surface area contributed by atoms with Crippen LogP contribution in [0.5, 0.6) is 0 Å². The molecule has 1 aromatic carbocycles. The van der Waals surface area contributed by atoms with Crippen LogP contribution in [-0.2, 0) is 0 Å². The zero-order valence-corrected chi connectivity index (χ0v) is 15.0. The standard InChI is InChI=1S/C19H18N4O2S/c24-17(11-26-18-14-5-1-2-6-15(14)21-12-22-18)13-9-16(20-10-13)19(25)23-7-3-4-8-23/h1-2,5-6,9-10,12,20H,3-4,7-8,11H2. The van der Waals surface area contributed by atoms with Crippen LogP contribution in [0.2, 0.25) is 0 Å². The van der Waals surface area contributed by atoms with Crippen molar-refractivity contribution in [3.05, 3.63) is 54.1 Å². The Morgan fingerprint density at radius 3 is 2.81 bits per heavy atom. The highest BCUT2D eigenvalue weighted by Gasteiger charge is 2.21. The lowest BCUT2D eigenvalue weighted by atomic mass is 10.2. The lowest BCUT2D eigenvalue weighted by molar-refractivity contribution is 0.0787. The molecular weight excluding hydrogens is 348 g/mol. The summed E-state index contributed by atoms with van der Waals surface area (Å²) < 4.78 is 0. The molecule has 1 fully saturated rings. The molecule has 0 atom stereocenters. The summed E-state index contributed by atoms with van der Waals surface area (Å²) in [6.45, 7) is 1.58. The molecule has 1 saturated heterocycles. The molecule has 1 N–H and O–H groups in total. The fourth-order valence-electron chi connectivity index (χ4n) is 3.08. The predicted octanol–water partition coefficient (Wildman–Crippen LogP) is 3.17. The lowest BCUT2D eigenvalue weighted by Crippen LogP contribution is -2.27. The van der Waals surface area contributed by atoms with Crippen molar-refractivity contribution < 1.29 is 9.59 Å². The Morgan fingerprint density at radius 2 is 1.96 bits per heavy atom. The van der Waals surface area contributed by atoms with E-state index in [1.807, 2.05) is 29.2 Å². The van der Waals surface area contributed by atoms with Gasteiger partial charge < -0.3 is 9.88 Å². The average Bonchev–Trinajstić information content (AvgIpc) is 3.37. The number of aromatic amines is 1. The molecular formula is C19H18N4O2S. The first-order valence-electron chi connectivity index (χ1n) is 8.56. The van der Waals surface area contributed by atoms with Gasteiger partial charge in [0.15, 0.2) is 5.78 Å². The van der Waals surface area contributed by atoms with E-state index in [0.717, 1.165) is 41.9 Å². The van der Waals surface area contributed by atoms with Crippen LogP contribution in [0.1, 0.15) is 33.7 Å². The van der Waals surface area contributed by atoms with Gasteiger partial charge in [-0.3, -0.25) is 9.59 Å². The molecule has 132 valence electrons. The first-order valence-corrected chi connectivity index (χ1v) is 9.54. The highest BCUT2D eigenvalue weighted by Crippen LogP contribution is 2.25. The van der Waals surface area contributed by atoms with Crippen LogP contribution < -0.4 is 0 Å². The molecule has 0 saturated carbocycles. The number of benzene rings is 1. The monoisotopic (exact) mass is 366 g/mol. The smallest absolute Gasteiger partial charge is 0.270 e. The van der Waals surface area contributed by atoms with Crippen molar-refractivity contribution in [2.24, 2.45) is 0 Å². The third kappa shape index (κ3) is 3.35. The Hall–Kier alpha value is -2.67. The van der Waals surface area contributed by atoms with E-state index in [1.54, 1.807) is 12.3 Å². The molecule has 0 unspecified atom stereocenters. The van der Waals surface area contributed by atoms with Crippen LogP contribution in [-0.4, -0.2) is 50.4 Å². The number of aromatic nitrogens is 3. The van der Waals surface area contributed by atoms with Crippen molar-refractivity contribution in [1.82, 2.24) is 19.9 Å². The van der Waals surface area contributed by atoms with E-state index in [4.69, 9.17) is 0 Å². The van der Waals surface area contributed by atoms with Crippen molar-refractivity contribution in [2.75, 3.05) is 18.8 Å². The summed E-state index contributed by atoms with van der Waals surface area (Å²) in [5.74, 6) is 0.196. The molecule has 26 heavy (non-hydrogen) atoms. The number of para-hydroxylation sites is 1. The van der Waals surface area contributed by atoms with Gasteiger partial charge in [0.1, 0.15) is 17.0 Å². The Kier molecular flexibility index (Phi) is 4.71. The minimum absolute atomic E-state index is 0.0315. The van der Waals surface area contributed by atoms with Gasteiger partial charge in [0.05, 0.1) is 11.3 Å². The second-order valence-electron chi connectivity index (χ2n) is 6.21. The Bertz CT molecular complexity index is 958. The molecule has 3 aromatic rings. The molecule has 4 rings (SSSR count). The SMILES string of the molecule is O=C(CSc1ncnc2ccccc12)c1c[nH]c(C(=O)N2CCCC2)c1. The molecule has 0 radical (unpaired) electrons. The summed E-state index contributed by atoms with van der Waals surface area (Å²) in [5, 5.41) is 1.72. The number of hydrogen-bond acceptors (Lipinski definition) is 5. The zero-order valence-electron chi connectivity index (χ0n) is 14.1. The number of fused-ring (bicyclic) bond motifs is 1. The van der Waals surface area contributed by atoms with Gasteiger partial charge >= 0.3 is 0 Å². The third-order valence-electron chi connectivity index (χ3n) is 4.47. The van der Waals surface area contributed by atoms with Crippen LogP contribution in [0.3, 0.4) is 0 Å². The molecule has 0 spiro atoms. The number of hydrogen-bond donors (Lipinski definition) is 1. The first kappa shape index (κ1) is 16.8. The first-order chi connectivity index (χ1) is 12.7. The number of carbonyl (C=O) groups is 2. The summed E-state index contributed by atoms with van der Waals surface area (Å²) in [6, 6.07) is 9.38. The molecule has 7 heteroatoms. The van der Waals surface area contributed by atoms with Gasteiger partial charge in [-0.05, 0) is 25.0 Å². The number of rotatable bonds is 5. The van der Waals surface area contributed by atoms with Crippen molar-refractivity contribution in [1.29, 1.82) is 0 Å². The van der Waals surface area contributed by atoms with Crippen molar-refractivity contribution in [2.45, 2.75) is 17.9 Å². The summed E-state index contributed by atoms with van der Waals surface area (Å²) >= 11 is 1.39. The van der Waals surface area contributed by atoms with Crippen LogP contribution in [0.4, 0.5) is 0 Å². The minimum Gasteiger partial charge on any atom is -0.356 e. The van der Waals surface area contributed by atoms with Gasteiger partial charge in [0.2, 0.25) is 0 Å². The number of H-pyrrole nitrogens is 1. The molecule has 2 aromatic heterocycles. The summed E-state index contributed by atoms with van der Waals surface area (Å²) in [5.41, 5.74) is 1.86. The zero-order chi connectivity index (χ0) is 17.9. The maximum atomic E-state index is 12.5. The Balaban J connectivity index is 1.44. The van der Waals surface area contributed by atoms with Gasteiger partial charge in [-0.1, -0.05) is 30.0 Å². The van der Waals surface area contributed by atoms with Gasteiger partial charge in [0.25, 0.3) is 5.91 Å². The number of carbonyl (C=O) groups excluding carboxylic acids is 2. The molecule has 1 amide bonds. The van der Waals surface area contributed by atoms with Gasteiger partial charge in [-0.15, -0.1) is 0 Å². The lowest BCUT2D eigenvalue weighted by Gasteiger charge is -2.13. The molecule has 1 aliphatic heterocycles. The van der Waals surface area contributed by atoms with Crippen molar-refractivity contribution in [3.8, 4) is 0 Å². The highest BCUT2D eigenvalue weighted by atomic mass is 32.2. The number of nitrogens with zero attached hydrogens (tertiary/aromatic N) is 3. The third-order valence-corrected chi connectivity index (χ3v) is 5.48. The fourth-order valence-corrected chi connectivity index (χ4v) is 3.97. The average molecular weight is 366 g/mol. The van der Waals surface area contributed by atoms with E-state index < -0.39 is 0 Å². The number of amides is 1. The van der Waals surface area contributed by atoms with Crippen LogP contribution in [0, 0.1) is 0 Å². The summed E-state index contributed by atoms with van der Waals surface area (Å²) in [4.78, 5) is 38.2. The molecule has 6 nitrogen and oxygen atoms in total. The number of likely N-dealkylation sites (tertiary alicyclic amines) is 1. The van der Waals surface area contributed by atoms with Crippen molar-refractivity contribution >= 4 is 34.4 Å². The Labute approximate surface area is 155 Å². The molecule has 3 heterocycles. The Morgan fingerprint density at radius 1 is 1.15 bits per heavy atom. The topological polar surface area (TPSA) is 79.0 Å². The maximum Gasteiger partial charge on any atom is 0.270 e. The van der Waals surface area contributed by atoms with E-state index >= 15 is 0 Å². The fraction of sp³-hybridized carbons (Fsp3) is 0.263. The van der Waals surface area contributed by atoms with E-state index in [0.29, 0.717) is 11.3 Å². The molecule has 0 aliphatic carbocycles. The van der Waals surface area contributed by atoms with E-state index in [2.05, 4.69) is 15.0 Å². The predicted molar refractivity (Wildman–Crippen MR) is 101 cm³/mol. The highest BCUT2D eigenvalue weighted by molar-refractivity contribution is 8.00. The largest absolute Gasteiger partial charge is 0.356 e. The second-order valence-corrected chi connectivity index (χ2v) is 7.17. The second kappa shape index (κ2) is 7.29. The van der Waals surface area contributed by atoms with Gasteiger partial charge in [-0.2, -0.15) is 0 Å². The number of nitrogens with one attached hydrogen (secondary N) is 1. The molecule has 1 aliphatic rings. The van der Waals surface area contributed by atoms with E-state index in [1.165, 1.54) is 18.1 Å². The van der Waals surface area contributed by atoms with Crippen LogP contribution >= 0.6 is 11.8 Å². The van der Waals surface area contributed by atoms with Crippen molar-refractivity contribution in [3.63, 3.8) is 0 Å². The van der Waals surface area contributed by atoms with E-state index in [-0.39, 0.29) is 17.4 Å². The number of thioether (sulfide) groups is 1. The van der Waals surface area contributed by atoms with E-state index in [9.17, 15) is 9.59 Å². The number of Topliss-reactive ketones (excluding diaryl/α,β-unsaturated/α-hetero) is 1. The summed E-state index contributed by atoms with van der Waals surface area (Å²) in [6.07, 6.45) is 5.21. The van der Waals surface area contributed by atoms with Crippen LogP contribution in [0.25, 0.3) is 10.9 Å². The number of ketones is 1. The van der Waals surface area contributed by atoms with Crippen LogP contribution in [0.15, 0.2) is 47.9 Å². The normalized spacial score (nSPS) is 14.1. The van der Waals surface area contributed by atoms with Gasteiger partial charge in [0, 0.05) is 30.2 Å². The quantitative estimate of drug-likeness (QED) is 0.426. The maximum absolute atomic E-state index is 12.5. The molecule has 0 bridgehead atoms. The van der Waals surface area contributed by atoms with Gasteiger partial charge in [-0.25, -0.2) is 9.97 Å². The minimum atomic E-state index is -0.0329.